The normalized spacial score (nSPS) is 24.7. The summed E-state index contributed by atoms with van der Waals surface area (Å²) < 4.78 is 0. The van der Waals surface area contributed by atoms with E-state index in [0.29, 0.717) is 0 Å². The number of nitrogens with one attached hydrogen (secondary N) is 10. The summed E-state index contributed by atoms with van der Waals surface area (Å²) in [5.41, 5.74) is 34.6. The summed E-state index contributed by atoms with van der Waals surface area (Å²) in [6.45, 7) is 8.59. The number of hydrogen-bond donors (Lipinski definition) is 18. The second-order valence-electron chi connectivity index (χ2n) is 18.7. The molecule has 1 aliphatic heterocycles. The lowest BCUT2D eigenvalue weighted by Gasteiger charge is -2.29. The van der Waals surface area contributed by atoms with Gasteiger partial charge in [-0.05, 0) is 110 Å². The lowest BCUT2D eigenvalue weighted by Crippen LogP contribution is -2.61. The van der Waals surface area contributed by atoms with E-state index < -0.39 is 145 Å². The van der Waals surface area contributed by atoms with Crippen molar-refractivity contribution in [3.05, 3.63) is 0 Å². The van der Waals surface area contributed by atoms with E-state index in [1.54, 1.807) is 27.7 Å². The lowest BCUT2D eigenvalue weighted by atomic mass is 9.99. The number of hydrogen-bond acceptors (Lipinski definition) is 18. The van der Waals surface area contributed by atoms with Crippen molar-refractivity contribution in [3.63, 3.8) is 0 Å². The molecule has 72 heavy (non-hydrogen) atoms. The van der Waals surface area contributed by atoms with Crippen LogP contribution in [0.5, 0.6) is 0 Å². The van der Waals surface area contributed by atoms with Crippen molar-refractivity contribution in [3.8, 4) is 0 Å². The molecule has 0 aliphatic carbocycles. The first kappa shape index (κ1) is 64.4. The Kier molecular flexibility index (Phi) is 29.7. The van der Waals surface area contributed by atoms with E-state index in [1.165, 1.54) is 13.8 Å². The predicted octanol–water partition coefficient (Wildman–Crippen LogP) is -8.21. The van der Waals surface area contributed by atoms with E-state index in [-0.39, 0.29) is 89.5 Å². The van der Waals surface area contributed by atoms with Gasteiger partial charge in [0.2, 0.25) is 59.1 Å². The number of rotatable bonds is 22. The van der Waals surface area contributed by atoms with Crippen LogP contribution in [0.1, 0.15) is 92.9 Å². The van der Waals surface area contributed by atoms with Crippen molar-refractivity contribution in [1.82, 2.24) is 53.2 Å². The number of carbonyl (C=O) groups excluding carboxylic acids is 10. The lowest BCUT2D eigenvalue weighted by molar-refractivity contribution is -0.136. The largest absolute Gasteiger partial charge is 0.391 e. The zero-order valence-corrected chi connectivity index (χ0v) is 42.4. The summed E-state index contributed by atoms with van der Waals surface area (Å²) in [5.74, 6) is -9.40. The van der Waals surface area contributed by atoms with Gasteiger partial charge in [0.15, 0.2) is 0 Å². The average molecular weight is 1030 g/mol. The second-order valence-corrected chi connectivity index (χ2v) is 18.7. The smallest absolute Gasteiger partial charge is 0.245 e. The van der Waals surface area contributed by atoms with Gasteiger partial charge in [0.05, 0.1) is 18.2 Å². The number of amides is 10. The van der Waals surface area contributed by atoms with E-state index in [1.807, 2.05) is 0 Å². The molecule has 1 saturated heterocycles. The van der Waals surface area contributed by atoms with E-state index in [4.69, 9.17) is 34.4 Å². The molecule has 1 fully saturated rings. The first-order chi connectivity index (χ1) is 33.8. The molecule has 24 N–H and O–H groups in total. The molecule has 28 heteroatoms. The Balaban J connectivity index is 3.90. The monoisotopic (exact) mass is 1030 g/mol. The molecule has 412 valence electrons. The molecule has 0 radical (unpaired) electrons. The quantitative estimate of drug-likeness (QED) is 0.0479. The maximum absolute atomic E-state index is 14.3. The maximum atomic E-state index is 14.3. The van der Waals surface area contributed by atoms with Crippen LogP contribution >= 0.6 is 0 Å². The minimum absolute atomic E-state index is 0.0514. The van der Waals surface area contributed by atoms with Crippen LogP contribution in [0.2, 0.25) is 0 Å². The van der Waals surface area contributed by atoms with Crippen molar-refractivity contribution in [2.45, 2.75) is 166 Å². The molecule has 0 spiro atoms. The molecular formula is C44H84N16O12. The van der Waals surface area contributed by atoms with Crippen molar-refractivity contribution < 1.29 is 58.2 Å². The van der Waals surface area contributed by atoms with Crippen LogP contribution in [-0.4, -0.2) is 181 Å². The standard InChI is InChI=1S/C44H84N16O12/c1-21(2)19-31-41(69)54-26(8-14-46)36(64)53-29(11-17-49)40(68)60-33(23(5)61)43(71)51-18-12-30(39(67)52-27(9-15-47)38(66)57-32(20-22(3)4)42(70)58-31)55-37(65)28(10-16-48)56-44(72)34(24(6)62)59-35(63)25(50)7-13-45/h21-34,61-62H,7-20,45-50H2,1-6H3,(H,51,71)(H,52,67)(H,53,64)(H,54,69)(H,55,65)(H,56,72)(H,57,66)(H,58,70)(H,59,63)(H,60,68)/t23-,24-,25+,26+,27+,28+,29+,30+,31-,32+,33+,34+/m1/s1. The van der Waals surface area contributed by atoms with Crippen molar-refractivity contribution in [1.29, 1.82) is 0 Å². The maximum Gasteiger partial charge on any atom is 0.245 e. The van der Waals surface area contributed by atoms with Gasteiger partial charge in [-0.15, -0.1) is 0 Å². The van der Waals surface area contributed by atoms with E-state index in [2.05, 4.69) is 53.2 Å². The van der Waals surface area contributed by atoms with Gasteiger partial charge in [0.1, 0.15) is 54.4 Å². The Hall–Kier alpha value is -5.62. The van der Waals surface area contributed by atoms with Gasteiger partial charge in [-0.2, -0.15) is 0 Å². The Labute approximate surface area is 420 Å². The number of aliphatic hydroxyl groups excluding tert-OH is 2. The average Bonchev–Trinajstić information content (AvgIpc) is 3.29. The van der Waals surface area contributed by atoms with E-state index in [0.717, 1.165) is 0 Å². The minimum atomic E-state index is -1.66. The summed E-state index contributed by atoms with van der Waals surface area (Å²) in [5, 5.41) is 46.2. The van der Waals surface area contributed by atoms with Crippen molar-refractivity contribution in [2.24, 2.45) is 46.2 Å². The molecule has 0 aromatic heterocycles. The van der Waals surface area contributed by atoms with Crippen LogP contribution in [0.3, 0.4) is 0 Å². The zero-order valence-electron chi connectivity index (χ0n) is 42.4. The first-order valence-corrected chi connectivity index (χ1v) is 24.5. The Morgan fingerprint density at radius 3 is 1.36 bits per heavy atom. The molecule has 0 aromatic rings. The third-order valence-electron chi connectivity index (χ3n) is 11.3. The van der Waals surface area contributed by atoms with E-state index >= 15 is 0 Å². The summed E-state index contributed by atoms with van der Waals surface area (Å²) >= 11 is 0. The number of aliphatic hydroxyl groups is 2. The molecule has 0 bridgehead atoms. The van der Waals surface area contributed by atoms with Gasteiger partial charge in [-0.3, -0.25) is 47.9 Å². The third kappa shape index (κ3) is 22.4. The van der Waals surface area contributed by atoms with Gasteiger partial charge in [-0.1, -0.05) is 27.7 Å². The molecule has 10 amide bonds. The topological polar surface area (TPSA) is 488 Å². The summed E-state index contributed by atoms with van der Waals surface area (Å²) in [7, 11) is 0. The predicted molar refractivity (Wildman–Crippen MR) is 264 cm³/mol. The van der Waals surface area contributed by atoms with Gasteiger partial charge in [0, 0.05) is 6.54 Å². The number of carbonyl (C=O) groups is 10. The summed E-state index contributed by atoms with van der Waals surface area (Å²) in [6, 6.07) is -14.2. The second kappa shape index (κ2) is 33.2. The van der Waals surface area contributed by atoms with Gasteiger partial charge >= 0.3 is 0 Å². The van der Waals surface area contributed by atoms with Gasteiger partial charge in [-0.25, -0.2) is 0 Å². The highest BCUT2D eigenvalue weighted by atomic mass is 16.3. The molecule has 0 saturated carbocycles. The van der Waals surface area contributed by atoms with Crippen LogP contribution in [0, 0.1) is 11.8 Å². The third-order valence-corrected chi connectivity index (χ3v) is 11.3. The molecule has 0 aromatic carbocycles. The molecule has 28 nitrogen and oxygen atoms in total. The molecular weight excluding hydrogens is 945 g/mol. The highest BCUT2D eigenvalue weighted by Crippen LogP contribution is 2.12. The highest BCUT2D eigenvalue weighted by Gasteiger charge is 2.37. The molecule has 1 heterocycles. The zero-order chi connectivity index (χ0) is 54.8. The van der Waals surface area contributed by atoms with Crippen LogP contribution in [0.4, 0.5) is 0 Å². The number of nitrogens with two attached hydrogens (primary N) is 6. The van der Waals surface area contributed by atoms with Gasteiger partial charge in [0.25, 0.3) is 0 Å². The van der Waals surface area contributed by atoms with Gasteiger partial charge < -0.3 is 97.8 Å². The summed E-state index contributed by atoms with van der Waals surface area (Å²) in [6.07, 6.45) is -3.96. The fourth-order valence-corrected chi connectivity index (χ4v) is 7.40. The summed E-state index contributed by atoms with van der Waals surface area (Å²) in [4.78, 5) is 137. The Morgan fingerprint density at radius 2 is 0.958 bits per heavy atom. The molecule has 1 aliphatic rings. The Bertz CT molecular complexity index is 1810. The van der Waals surface area contributed by atoms with Crippen molar-refractivity contribution in [2.75, 3.05) is 39.3 Å². The van der Waals surface area contributed by atoms with Crippen LogP contribution < -0.4 is 87.6 Å². The van der Waals surface area contributed by atoms with E-state index in [9.17, 15) is 58.2 Å². The molecule has 12 atom stereocenters. The molecule has 0 unspecified atom stereocenters. The van der Waals surface area contributed by atoms with Crippen molar-refractivity contribution >= 4 is 59.1 Å². The van der Waals surface area contributed by atoms with Crippen LogP contribution in [-0.2, 0) is 47.9 Å². The Morgan fingerprint density at radius 1 is 0.542 bits per heavy atom. The molecule has 1 rings (SSSR count). The highest BCUT2D eigenvalue weighted by molar-refractivity contribution is 5.99. The minimum Gasteiger partial charge on any atom is -0.391 e. The van der Waals surface area contributed by atoms with Crippen LogP contribution in [0.15, 0.2) is 0 Å². The SMILES string of the molecule is CC(C)C[C@@H]1NC(=O)[C@H](CCN)NC(=O)[C@@H](NC(=O)[C@H](CCN)NC(=O)[C@@H](NC(=O)[C@@H](N)CCN)[C@@H](C)O)CCNC(=O)[C@H]([C@@H](C)O)NC(=O)[C@H](CCN)NC(=O)[C@H](CCN)NC(=O)[C@@H](CC(C)C)NC1=O. The first-order valence-electron chi connectivity index (χ1n) is 24.5. The fourth-order valence-electron chi connectivity index (χ4n) is 7.40. The fraction of sp³-hybridized carbons (Fsp3) is 0.773. The van der Waals surface area contributed by atoms with Crippen LogP contribution in [0.25, 0.3) is 0 Å².